The maximum absolute atomic E-state index is 4.46. The largest absolute Gasteiger partial charge is 0.175 e. The number of hydrogen-bond donors (Lipinski definition) is 3. The fourth-order valence-electron chi connectivity index (χ4n) is 1.16. The van der Waals surface area contributed by atoms with Gasteiger partial charge >= 0.3 is 0 Å². The maximum Gasteiger partial charge on any atom is 0.0229 e. The standard InChI is InChI=1S/C12H26S6/c1-9(13)4-16-7-12(18-6-11(3)15)8-17-5-10(2)14/h9-15H,4-8H2,1-3H3. The van der Waals surface area contributed by atoms with Crippen LogP contribution in [0.5, 0.6) is 0 Å². The number of thiol groups is 3. The molecule has 0 radical (unpaired) electrons. The first kappa shape index (κ1) is 20.1. The molecule has 0 bridgehead atoms. The van der Waals surface area contributed by atoms with Crippen LogP contribution in [0.2, 0.25) is 0 Å². The molecule has 0 aromatic heterocycles. The van der Waals surface area contributed by atoms with E-state index in [1.165, 1.54) is 11.5 Å². The van der Waals surface area contributed by atoms with E-state index in [0.29, 0.717) is 15.7 Å². The van der Waals surface area contributed by atoms with Crippen LogP contribution in [0.3, 0.4) is 0 Å². The Morgan fingerprint density at radius 2 is 1.06 bits per heavy atom. The van der Waals surface area contributed by atoms with Gasteiger partial charge in [-0.25, -0.2) is 0 Å². The van der Waals surface area contributed by atoms with Crippen molar-refractivity contribution in [2.45, 2.75) is 41.8 Å². The lowest BCUT2D eigenvalue weighted by Crippen LogP contribution is -2.15. The lowest BCUT2D eigenvalue weighted by Gasteiger charge is -2.18. The van der Waals surface area contributed by atoms with Gasteiger partial charge in [0.1, 0.15) is 0 Å². The monoisotopic (exact) mass is 362 g/mol. The lowest BCUT2D eigenvalue weighted by molar-refractivity contribution is 1.08. The van der Waals surface area contributed by atoms with E-state index < -0.39 is 0 Å². The molecule has 18 heavy (non-hydrogen) atoms. The molecule has 0 aliphatic carbocycles. The lowest BCUT2D eigenvalue weighted by atomic mass is 10.5. The average molecular weight is 363 g/mol. The summed E-state index contributed by atoms with van der Waals surface area (Å²) in [6, 6.07) is 0. The summed E-state index contributed by atoms with van der Waals surface area (Å²) >= 11 is 19.4. The van der Waals surface area contributed by atoms with Crippen molar-refractivity contribution in [2.24, 2.45) is 0 Å². The molecule has 0 amide bonds. The highest BCUT2D eigenvalue weighted by molar-refractivity contribution is 8.06. The highest BCUT2D eigenvalue weighted by Crippen LogP contribution is 2.24. The molecule has 0 N–H and O–H groups in total. The number of hydrogen-bond acceptors (Lipinski definition) is 6. The summed E-state index contributed by atoms with van der Waals surface area (Å²) in [4.78, 5) is 0. The SMILES string of the molecule is CC(S)CSCC(CSCC(C)S)SCC(C)S. The second-order valence-electron chi connectivity index (χ2n) is 4.58. The van der Waals surface area contributed by atoms with E-state index in [0.717, 1.165) is 22.5 Å². The van der Waals surface area contributed by atoms with Crippen LogP contribution < -0.4 is 0 Å². The van der Waals surface area contributed by atoms with E-state index in [1.54, 1.807) is 0 Å². The summed E-state index contributed by atoms with van der Waals surface area (Å²) < 4.78 is 0. The minimum atomic E-state index is 0.486. The third-order valence-electron chi connectivity index (χ3n) is 1.90. The molecule has 0 saturated carbocycles. The Hall–Kier alpha value is 2.10. The molecular formula is C12H26S6. The van der Waals surface area contributed by atoms with Crippen molar-refractivity contribution in [1.82, 2.24) is 0 Å². The van der Waals surface area contributed by atoms with E-state index in [2.05, 4.69) is 70.4 Å². The third-order valence-corrected chi connectivity index (χ3v) is 7.85. The normalized spacial score (nSPS) is 18.3. The minimum absolute atomic E-state index is 0.486. The van der Waals surface area contributed by atoms with Crippen LogP contribution in [0, 0.1) is 0 Å². The van der Waals surface area contributed by atoms with Crippen molar-refractivity contribution in [2.75, 3.05) is 28.8 Å². The van der Waals surface area contributed by atoms with Crippen molar-refractivity contribution < 1.29 is 0 Å². The maximum atomic E-state index is 4.46. The summed E-state index contributed by atoms with van der Waals surface area (Å²) in [5.74, 6) is 5.88. The van der Waals surface area contributed by atoms with Crippen LogP contribution in [0.25, 0.3) is 0 Å². The molecule has 0 fully saturated rings. The van der Waals surface area contributed by atoms with E-state index in [4.69, 9.17) is 0 Å². The van der Waals surface area contributed by atoms with E-state index >= 15 is 0 Å². The van der Waals surface area contributed by atoms with E-state index in [-0.39, 0.29) is 0 Å². The van der Waals surface area contributed by atoms with Crippen LogP contribution >= 0.6 is 73.2 Å². The smallest absolute Gasteiger partial charge is 0.0229 e. The van der Waals surface area contributed by atoms with Gasteiger partial charge in [-0.2, -0.15) is 73.2 Å². The van der Waals surface area contributed by atoms with Gasteiger partial charge in [0.25, 0.3) is 0 Å². The van der Waals surface area contributed by atoms with Crippen molar-refractivity contribution >= 4 is 73.2 Å². The first-order chi connectivity index (χ1) is 8.41. The first-order valence-electron chi connectivity index (χ1n) is 6.23. The average Bonchev–Trinajstić information content (AvgIpc) is 2.24. The Morgan fingerprint density at radius 1 is 0.667 bits per heavy atom. The topological polar surface area (TPSA) is 0 Å². The summed E-state index contributed by atoms with van der Waals surface area (Å²) in [7, 11) is 0. The second-order valence-corrected chi connectivity index (χ2v) is 10.7. The van der Waals surface area contributed by atoms with E-state index in [1.807, 2.05) is 23.5 Å². The Bertz CT molecular complexity index is 169. The zero-order valence-corrected chi connectivity index (χ0v) is 16.5. The quantitative estimate of drug-likeness (QED) is 0.463. The zero-order valence-electron chi connectivity index (χ0n) is 11.4. The van der Waals surface area contributed by atoms with Crippen LogP contribution in [0.15, 0.2) is 0 Å². The van der Waals surface area contributed by atoms with Crippen molar-refractivity contribution in [1.29, 1.82) is 0 Å². The molecule has 0 spiro atoms. The summed E-state index contributed by atoms with van der Waals surface area (Å²) in [5.41, 5.74) is 0. The zero-order chi connectivity index (χ0) is 14.0. The van der Waals surface area contributed by atoms with Crippen molar-refractivity contribution in [3.63, 3.8) is 0 Å². The predicted molar refractivity (Wildman–Crippen MR) is 106 cm³/mol. The molecule has 0 aliphatic heterocycles. The summed E-state index contributed by atoms with van der Waals surface area (Å²) in [5, 5.41) is 2.21. The Labute approximate surface area is 143 Å². The van der Waals surface area contributed by atoms with Gasteiger partial charge in [-0.05, 0) is 0 Å². The third kappa shape index (κ3) is 14.5. The van der Waals surface area contributed by atoms with Crippen molar-refractivity contribution in [3.8, 4) is 0 Å². The first-order valence-corrected chi connectivity index (χ1v) is 11.1. The Kier molecular flexibility index (Phi) is 14.3. The highest BCUT2D eigenvalue weighted by Gasteiger charge is 2.12. The van der Waals surface area contributed by atoms with Crippen LogP contribution in [-0.2, 0) is 0 Å². The molecule has 3 atom stereocenters. The van der Waals surface area contributed by atoms with Crippen LogP contribution in [0.4, 0.5) is 0 Å². The molecule has 0 aliphatic rings. The van der Waals surface area contributed by atoms with Gasteiger partial charge in [-0.15, -0.1) is 0 Å². The number of thioether (sulfide) groups is 3. The van der Waals surface area contributed by atoms with Crippen molar-refractivity contribution in [3.05, 3.63) is 0 Å². The predicted octanol–water partition coefficient (Wildman–Crippen LogP) is 4.51. The Morgan fingerprint density at radius 3 is 1.39 bits per heavy atom. The summed E-state index contributed by atoms with van der Waals surface area (Å²) in [6.07, 6.45) is 0. The molecule has 3 unspecified atom stereocenters. The molecule has 0 aromatic rings. The van der Waals surface area contributed by atoms with Crippen LogP contribution in [0.1, 0.15) is 20.8 Å². The molecule has 0 saturated heterocycles. The second kappa shape index (κ2) is 12.8. The van der Waals surface area contributed by atoms with Gasteiger partial charge in [-0.3, -0.25) is 0 Å². The van der Waals surface area contributed by atoms with Gasteiger partial charge in [0.15, 0.2) is 0 Å². The van der Waals surface area contributed by atoms with Gasteiger partial charge in [0, 0.05) is 49.8 Å². The fourth-order valence-corrected chi connectivity index (χ4v) is 5.81. The number of rotatable bonds is 11. The van der Waals surface area contributed by atoms with Crippen LogP contribution in [-0.4, -0.2) is 49.8 Å². The van der Waals surface area contributed by atoms with E-state index in [9.17, 15) is 0 Å². The molecule has 0 heterocycles. The fraction of sp³-hybridized carbons (Fsp3) is 1.00. The minimum Gasteiger partial charge on any atom is -0.175 e. The van der Waals surface area contributed by atoms with Gasteiger partial charge in [0.2, 0.25) is 0 Å². The molecule has 110 valence electrons. The highest BCUT2D eigenvalue weighted by atomic mass is 32.2. The van der Waals surface area contributed by atoms with Gasteiger partial charge in [0.05, 0.1) is 0 Å². The summed E-state index contributed by atoms with van der Waals surface area (Å²) in [6.45, 7) is 6.48. The molecule has 0 aromatic carbocycles. The molecule has 0 nitrogen and oxygen atoms in total. The molecule has 6 heteroatoms. The Balaban J connectivity index is 3.84. The van der Waals surface area contributed by atoms with Gasteiger partial charge < -0.3 is 0 Å². The molecular weight excluding hydrogens is 337 g/mol. The van der Waals surface area contributed by atoms with Gasteiger partial charge in [-0.1, -0.05) is 20.8 Å². The molecule has 0 rings (SSSR count).